The highest BCUT2D eigenvalue weighted by Gasteiger charge is 2.20. The molecule has 140 valence electrons. The summed E-state index contributed by atoms with van der Waals surface area (Å²) in [6.07, 6.45) is 3.37. The number of amides is 1. The largest absolute Gasteiger partial charge is 0.449 e. The maximum Gasteiger partial charge on any atom is 0.338 e. The second-order valence-corrected chi connectivity index (χ2v) is 6.86. The fraction of sp³-hybridized carbons (Fsp3) is 0.318. The summed E-state index contributed by atoms with van der Waals surface area (Å²) < 4.78 is 5.32. The molecule has 5 heteroatoms. The van der Waals surface area contributed by atoms with Crippen LogP contribution in [0.25, 0.3) is 0 Å². The molecule has 0 saturated carbocycles. The Kier molecular flexibility index (Phi) is 5.69. The highest BCUT2D eigenvalue weighted by molar-refractivity contribution is 5.99. The first-order valence-electron chi connectivity index (χ1n) is 9.18. The van der Waals surface area contributed by atoms with Gasteiger partial charge in [-0.1, -0.05) is 18.2 Å². The SMILES string of the molecule is CC(=O)c1cccc(NC(=O)[C@H](C)OC(=O)c2ccc3c(c2)CCCC3)c1. The van der Waals surface area contributed by atoms with Gasteiger partial charge >= 0.3 is 5.97 Å². The molecule has 0 radical (unpaired) electrons. The highest BCUT2D eigenvalue weighted by atomic mass is 16.5. The van der Waals surface area contributed by atoms with Gasteiger partial charge in [-0.2, -0.15) is 0 Å². The molecule has 0 aliphatic heterocycles. The summed E-state index contributed by atoms with van der Waals surface area (Å²) in [7, 11) is 0. The van der Waals surface area contributed by atoms with Crippen molar-refractivity contribution in [2.45, 2.75) is 45.6 Å². The molecule has 2 aromatic rings. The molecule has 1 N–H and O–H groups in total. The van der Waals surface area contributed by atoms with Crippen molar-refractivity contribution in [3.63, 3.8) is 0 Å². The Hall–Kier alpha value is -2.95. The smallest absolute Gasteiger partial charge is 0.338 e. The second kappa shape index (κ2) is 8.16. The van der Waals surface area contributed by atoms with Crippen LogP contribution in [0.3, 0.4) is 0 Å². The zero-order chi connectivity index (χ0) is 19.4. The zero-order valence-corrected chi connectivity index (χ0v) is 15.6. The van der Waals surface area contributed by atoms with E-state index in [1.54, 1.807) is 30.3 Å². The maximum absolute atomic E-state index is 12.4. The van der Waals surface area contributed by atoms with Gasteiger partial charge < -0.3 is 10.1 Å². The number of ketones is 1. The average Bonchev–Trinajstić information content (AvgIpc) is 2.67. The number of ether oxygens (including phenoxy) is 1. The van der Waals surface area contributed by atoms with E-state index in [1.807, 2.05) is 12.1 Å². The summed E-state index contributed by atoms with van der Waals surface area (Å²) in [4.78, 5) is 36.2. The number of hydrogen-bond acceptors (Lipinski definition) is 4. The van der Waals surface area contributed by atoms with Gasteiger partial charge in [0.15, 0.2) is 11.9 Å². The molecule has 1 aliphatic rings. The van der Waals surface area contributed by atoms with Gasteiger partial charge in [0.05, 0.1) is 5.56 Å². The Morgan fingerprint density at radius 3 is 2.44 bits per heavy atom. The molecule has 1 atom stereocenters. The standard InChI is InChI=1S/C22H23NO4/c1-14(24)17-8-5-9-20(13-17)23-21(25)15(2)27-22(26)19-11-10-16-6-3-4-7-18(16)12-19/h5,8-13,15H,3-4,6-7H2,1-2H3,(H,23,25)/t15-/m0/s1. The van der Waals surface area contributed by atoms with Crippen molar-refractivity contribution in [3.05, 3.63) is 64.7 Å². The lowest BCUT2D eigenvalue weighted by Crippen LogP contribution is -2.30. The summed E-state index contributed by atoms with van der Waals surface area (Å²) >= 11 is 0. The predicted molar refractivity (Wildman–Crippen MR) is 103 cm³/mol. The Balaban J connectivity index is 1.63. The Bertz CT molecular complexity index is 888. The molecular weight excluding hydrogens is 342 g/mol. The van der Waals surface area contributed by atoms with Gasteiger partial charge in [0.1, 0.15) is 0 Å². The highest BCUT2D eigenvalue weighted by Crippen LogP contribution is 2.22. The first kappa shape index (κ1) is 18.8. The minimum absolute atomic E-state index is 0.0852. The molecule has 0 bridgehead atoms. The van der Waals surface area contributed by atoms with Gasteiger partial charge in [0.25, 0.3) is 5.91 Å². The second-order valence-electron chi connectivity index (χ2n) is 6.86. The summed E-state index contributed by atoms with van der Waals surface area (Å²) in [5.74, 6) is -1.04. The fourth-order valence-electron chi connectivity index (χ4n) is 3.20. The van der Waals surface area contributed by atoms with Crippen molar-refractivity contribution in [2.24, 2.45) is 0 Å². The number of rotatable bonds is 5. The minimum atomic E-state index is -0.950. The molecule has 0 aromatic heterocycles. The van der Waals surface area contributed by atoms with Crippen LogP contribution in [0.4, 0.5) is 5.69 Å². The summed E-state index contributed by atoms with van der Waals surface area (Å²) in [6.45, 7) is 2.99. The van der Waals surface area contributed by atoms with Crippen LogP contribution in [0.2, 0.25) is 0 Å². The molecular formula is C22H23NO4. The molecule has 0 heterocycles. The number of hydrogen-bond donors (Lipinski definition) is 1. The van der Waals surface area contributed by atoms with Crippen LogP contribution in [0.5, 0.6) is 0 Å². The first-order valence-corrected chi connectivity index (χ1v) is 9.18. The summed E-state index contributed by atoms with van der Waals surface area (Å²) in [6, 6.07) is 12.3. The van der Waals surface area contributed by atoms with E-state index < -0.39 is 18.0 Å². The molecule has 0 unspecified atom stereocenters. The molecule has 27 heavy (non-hydrogen) atoms. The predicted octanol–water partition coefficient (Wildman–Crippen LogP) is 3.95. The van der Waals surface area contributed by atoms with E-state index in [1.165, 1.54) is 31.4 Å². The van der Waals surface area contributed by atoms with Crippen molar-refractivity contribution in [3.8, 4) is 0 Å². The van der Waals surface area contributed by atoms with E-state index in [4.69, 9.17) is 4.74 Å². The minimum Gasteiger partial charge on any atom is -0.449 e. The summed E-state index contributed by atoms with van der Waals surface area (Å²) in [5, 5.41) is 2.68. The van der Waals surface area contributed by atoms with Crippen molar-refractivity contribution in [2.75, 3.05) is 5.32 Å². The van der Waals surface area contributed by atoms with Gasteiger partial charge in [-0.25, -0.2) is 4.79 Å². The zero-order valence-electron chi connectivity index (χ0n) is 15.6. The first-order chi connectivity index (χ1) is 12.9. The molecule has 5 nitrogen and oxygen atoms in total. The van der Waals surface area contributed by atoms with Crippen LogP contribution in [0, 0.1) is 0 Å². The number of anilines is 1. The lowest BCUT2D eigenvalue weighted by molar-refractivity contribution is -0.123. The lowest BCUT2D eigenvalue weighted by atomic mass is 9.90. The van der Waals surface area contributed by atoms with Crippen LogP contribution in [-0.4, -0.2) is 23.8 Å². The fourth-order valence-corrected chi connectivity index (χ4v) is 3.20. The molecule has 2 aromatic carbocycles. The average molecular weight is 365 g/mol. The van der Waals surface area contributed by atoms with Crippen molar-refractivity contribution < 1.29 is 19.1 Å². The van der Waals surface area contributed by atoms with Crippen molar-refractivity contribution >= 4 is 23.3 Å². The number of aryl methyl sites for hydroxylation is 2. The van der Waals surface area contributed by atoms with Crippen LogP contribution >= 0.6 is 0 Å². The Labute approximate surface area is 158 Å². The molecule has 0 fully saturated rings. The van der Waals surface area contributed by atoms with E-state index >= 15 is 0 Å². The molecule has 1 aliphatic carbocycles. The van der Waals surface area contributed by atoms with Gasteiger partial charge in [-0.05, 0) is 74.9 Å². The quantitative estimate of drug-likeness (QED) is 0.643. The number of nitrogens with one attached hydrogen (secondary N) is 1. The van der Waals surface area contributed by atoms with Crippen molar-refractivity contribution in [1.29, 1.82) is 0 Å². The maximum atomic E-state index is 12.4. The third-order valence-corrected chi connectivity index (χ3v) is 4.77. The molecule has 1 amide bonds. The van der Waals surface area contributed by atoms with E-state index in [9.17, 15) is 14.4 Å². The van der Waals surface area contributed by atoms with Crippen LogP contribution in [0.1, 0.15) is 58.5 Å². The topological polar surface area (TPSA) is 72.5 Å². The molecule has 0 spiro atoms. The van der Waals surface area contributed by atoms with Crippen LogP contribution in [0.15, 0.2) is 42.5 Å². The lowest BCUT2D eigenvalue weighted by Gasteiger charge is -2.17. The number of benzene rings is 2. The molecule has 3 rings (SSSR count). The van der Waals surface area contributed by atoms with E-state index in [0.29, 0.717) is 16.8 Å². The van der Waals surface area contributed by atoms with Gasteiger partial charge in [-0.3, -0.25) is 9.59 Å². The normalized spacial score (nSPS) is 14.0. The van der Waals surface area contributed by atoms with Crippen LogP contribution in [-0.2, 0) is 22.4 Å². The van der Waals surface area contributed by atoms with Gasteiger partial charge in [-0.15, -0.1) is 0 Å². The third-order valence-electron chi connectivity index (χ3n) is 4.77. The number of Topliss-reactive ketones (excluding diaryl/α,β-unsaturated/α-hetero) is 1. The van der Waals surface area contributed by atoms with Crippen LogP contribution < -0.4 is 5.32 Å². The Morgan fingerprint density at radius 1 is 0.963 bits per heavy atom. The van der Waals surface area contributed by atoms with E-state index in [-0.39, 0.29) is 5.78 Å². The number of carbonyl (C=O) groups is 3. The van der Waals surface area contributed by atoms with Gasteiger partial charge in [0, 0.05) is 11.3 Å². The van der Waals surface area contributed by atoms with Gasteiger partial charge in [0.2, 0.25) is 0 Å². The number of carbonyl (C=O) groups excluding carboxylic acids is 3. The van der Waals surface area contributed by atoms with E-state index in [2.05, 4.69) is 5.32 Å². The number of fused-ring (bicyclic) bond motifs is 1. The van der Waals surface area contributed by atoms with Crippen molar-refractivity contribution in [1.82, 2.24) is 0 Å². The van der Waals surface area contributed by atoms with E-state index in [0.717, 1.165) is 19.3 Å². The monoisotopic (exact) mass is 365 g/mol. The summed E-state index contributed by atoms with van der Waals surface area (Å²) in [5.41, 5.74) is 3.94. The third kappa shape index (κ3) is 4.61. The molecule has 0 saturated heterocycles. The number of esters is 1. The Morgan fingerprint density at radius 2 is 1.70 bits per heavy atom.